The number of aliphatic carboxylic acids is 1. The highest BCUT2D eigenvalue weighted by molar-refractivity contribution is 8.00. The summed E-state index contributed by atoms with van der Waals surface area (Å²) in [6.45, 7) is -0.953. The number of carbonyl (C=O) groups excluding carboxylic acids is 11. The van der Waals surface area contributed by atoms with Crippen LogP contribution in [0.4, 0.5) is 0 Å². The van der Waals surface area contributed by atoms with Crippen molar-refractivity contribution in [3.05, 3.63) is 309 Å². The number of benzene rings is 8. The van der Waals surface area contributed by atoms with Gasteiger partial charge < -0.3 is 50.1 Å². The third-order valence-corrected chi connectivity index (χ3v) is 22.6. The molecule has 118 heavy (non-hydrogen) atoms. The van der Waals surface area contributed by atoms with Gasteiger partial charge in [0.15, 0.2) is 0 Å². The second kappa shape index (κ2) is 42.5. The fraction of sp³-hybridized carbons (Fsp3) is 0.224. The molecule has 6 amide bonds. The van der Waals surface area contributed by atoms with Gasteiger partial charge in [-0.25, -0.2) is 24.0 Å². The summed E-state index contributed by atoms with van der Waals surface area (Å²) in [7, 11) is 3.11. The molecule has 0 radical (unpaired) electrons. The van der Waals surface area contributed by atoms with E-state index in [1.54, 1.807) is 148 Å². The molecular formula is C85H76ClN6O23S3-. The molecule has 6 heterocycles. The van der Waals surface area contributed by atoms with Crippen LogP contribution < -0.4 is 30.7 Å². The zero-order chi connectivity index (χ0) is 83.6. The molecule has 0 aliphatic carbocycles. The van der Waals surface area contributed by atoms with E-state index in [1.807, 2.05) is 97.1 Å². The topological polar surface area (TPSA) is 377 Å². The van der Waals surface area contributed by atoms with Gasteiger partial charge >= 0.3 is 29.8 Å². The molecule has 8 aromatic carbocycles. The first-order valence-corrected chi connectivity index (χ1v) is 39.8. The van der Waals surface area contributed by atoms with Crippen molar-refractivity contribution < 1.29 is 111 Å². The van der Waals surface area contributed by atoms with Crippen LogP contribution in [-0.2, 0) is 110 Å². The Morgan fingerprint density at radius 3 is 0.983 bits per heavy atom. The zero-order valence-electron chi connectivity index (χ0n) is 63.1. The first-order valence-electron chi connectivity index (χ1n) is 36.3. The first kappa shape index (κ1) is 86.5. The molecule has 0 spiro atoms. The Kier molecular flexibility index (Phi) is 31.1. The highest BCUT2D eigenvalue weighted by Gasteiger charge is 2.57. The summed E-state index contributed by atoms with van der Waals surface area (Å²) >= 11 is 9.19. The highest BCUT2D eigenvalue weighted by Crippen LogP contribution is 2.44. The fourth-order valence-corrected chi connectivity index (χ4v) is 16.6. The third-order valence-electron chi connectivity index (χ3n) is 18.3. The van der Waals surface area contributed by atoms with Crippen molar-refractivity contribution in [3.8, 4) is 11.5 Å². The molecular weight excluding hydrogens is 1600 g/mol. The first-order chi connectivity index (χ1) is 57.2. The van der Waals surface area contributed by atoms with Crippen LogP contribution in [0.3, 0.4) is 0 Å². The SMILES string of the molecule is COc1ccc(COC(=O)C2=C(COOC(=O)c3ccccc3)CSC3C(NC(=O)Cc4ccccc4)C(=O)N23)cc1.COc1ccc(COC(=O)C2=C(CO[O-])CSC3C(NC(=O)Cc4ccccc4)C(=O)N23)cc1.O=C(Cc1ccccc1)NC1C(=O)N2C(C(=O)O)=C(COOC(=O)c3ccccc3)CSC12.O=C(Cl)c1ccccc1. The van der Waals surface area contributed by atoms with E-state index in [-0.39, 0.29) is 104 Å². The van der Waals surface area contributed by atoms with Crippen LogP contribution in [0.2, 0.25) is 0 Å². The third kappa shape index (κ3) is 22.6. The number of halogens is 1. The standard InChI is InChI=1S/C31H28N2O8S.C24H24N2O7S.C23H20N2O7S.C7H5ClO/c1-38-24-14-12-21(13-15-24)17-39-31(37)27-23(18-40-41-30(36)22-10-6-3-7-11-22)19-42-29-26(28(35)33(27)29)32-25(34)16-20-8-4-2-5-9-20;1-31-18-9-7-16(8-10-18)12-32-24(29)21-17(13-33-30)14-34-23-20(22(28)26(21)23)25-19(27)11-15-5-3-2-4-6-15;26-17(11-14-7-3-1-4-8-14)24-18-20(27)25-19(22(28)29)16(13-33-21(18)25)12-31-32-23(30)15-9-5-2-6-10-15;8-7(9)6-4-2-1-3-5-6/h2-15,26,29H,16-19H2,1H3,(H,32,34);2-10,20,23,30H,11-14H2,1H3,(H,25,27);1-10,18,21H,11-13H2,(H,24,26)(H,28,29);1-5H/p-1. The lowest BCUT2D eigenvalue weighted by molar-refractivity contribution is -0.686. The van der Waals surface area contributed by atoms with E-state index in [2.05, 4.69) is 20.8 Å². The lowest BCUT2D eigenvalue weighted by atomic mass is 10.0. The van der Waals surface area contributed by atoms with E-state index in [4.69, 9.17) is 50.1 Å². The molecule has 33 heteroatoms. The van der Waals surface area contributed by atoms with Gasteiger partial charge in [-0.1, -0.05) is 182 Å². The number of carbonyl (C=O) groups is 12. The van der Waals surface area contributed by atoms with Gasteiger partial charge in [-0.15, -0.1) is 35.3 Å². The second-order valence-corrected chi connectivity index (χ2v) is 29.9. The van der Waals surface area contributed by atoms with Crippen molar-refractivity contribution in [3.63, 3.8) is 0 Å². The molecule has 0 aromatic heterocycles. The number of carboxylic acid groups (broad SMARTS) is 1. The van der Waals surface area contributed by atoms with E-state index in [9.17, 15) is 67.9 Å². The van der Waals surface area contributed by atoms with Crippen LogP contribution in [0.5, 0.6) is 11.5 Å². The Morgan fingerprint density at radius 2 is 0.686 bits per heavy atom. The summed E-state index contributed by atoms with van der Waals surface area (Å²) in [5.74, 6) is -4.28. The van der Waals surface area contributed by atoms with Gasteiger partial charge in [0.25, 0.3) is 23.0 Å². The molecule has 29 nitrogen and oxygen atoms in total. The van der Waals surface area contributed by atoms with Gasteiger partial charge in [-0.05, 0) is 93.5 Å². The maximum absolute atomic E-state index is 13.4. The Balaban J connectivity index is 0.000000166. The van der Waals surface area contributed by atoms with Gasteiger partial charge in [0.05, 0.1) is 51.2 Å². The Hall–Kier alpha value is -12.4. The molecule has 14 rings (SSSR count). The Labute approximate surface area is 693 Å². The predicted molar refractivity (Wildman–Crippen MR) is 428 cm³/mol. The minimum atomic E-state index is -1.30. The number of nitrogens with zero attached hydrogens (tertiary/aromatic N) is 3. The number of amides is 6. The lowest BCUT2D eigenvalue weighted by Crippen LogP contribution is -2.70. The number of carboxylic acids is 1. The number of methoxy groups -OCH3 is 2. The molecule has 0 bridgehead atoms. The van der Waals surface area contributed by atoms with E-state index in [0.29, 0.717) is 45.1 Å². The summed E-state index contributed by atoms with van der Waals surface area (Å²) in [5, 5.41) is 26.8. The average Bonchev–Trinajstić information content (AvgIpc) is 0.743. The largest absolute Gasteiger partial charge is 0.723 e. The van der Waals surface area contributed by atoms with Crippen LogP contribution in [0.25, 0.3) is 0 Å². The number of rotatable bonds is 29. The summed E-state index contributed by atoms with van der Waals surface area (Å²) in [6.07, 6.45) is 0.389. The number of ether oxygens (including phenoxy) is 4. The molecule has 0 saturated carbocycles. The molecule has 6 unspecified atom stereocenters. The fourth-order valence-electron chi connectivity index (χ4n) is 12.4. The van der Waals surface area contributed by atoms with Gasteiger partial charge in [0.2, 0.25) is 17.7 Å². The van der Waals surface area contributed by atoms with Crippen molar-refractivity contribution in [1.82, 2.24) is 30.7 Å². The van der Waals surface area contributed by atoms with Crippen LogP contribution in [0.1, 0.15) is 58.9 Å². The minimum Gasteiger partial charge on any atom is -0.723 e. The van der Waals surface area contributed by atoms with Crippen molar-refractivity contribution in [2.45, 2.75) is 66.7 Å². The quantitative estimate of drug-likeness (QED) is 0.0113. The number of β-lactam (4-membered cyclic amide) rings is 3. The zero-order valence-corrected chi connectivity index (χ0v) is 66.3. The number of thioether (sulfide) groups is 3. The summed E-state index contributed by atoms with van der Waals surface area (Å²) in [6, 6.07) is 64.4. The van der Waals surface area contributed by atoms with Crippen LogP contribution in [-0.4, -0.2) is 176 Å². The van der Waals surface area contributed by atoms with E-state index in [0.717, 1.165) is 32.7 Å². The van der Waals surface area contributed by atoms with Crippen molar-refractivity contribution in [1.29, 1.82) is 0 Å². The summed E-state index contributed by atoms with van der Waals surface area (Å²) in [5.41, 5.74) is 5.95. The van der Waals surface area contributed by atoms with Crippen molar-refractivity contribution >= 4 is 117 Å². The monoisotopic (exact) mass is 1680 g/mol. The number of nitrogens with one attached hydrogen (secondary N) is 3. The molecule has 610 valence electrons. The molecule has 6 aliphatic rings. The molecule has 4 N–H and O–H groups in total. The van der Waals surface area contributed by atoms with Crippen molar-refractivity contribution in [2.75, 3.05) is 51.3 Å². The number of esters is 2. The van der Waals surface area contributed by atoms with Crippen LogP contribution in [0, 0.1) is 0 Å². The average molecular weight is 1680 g/mol. The lowest BCUT2D eigenvalue weighted by Gasteiger charge is -2.49. The van der Waals surface area contributed by atoms with E-state index >= 15 is 0 Å². The van der Waals surface area contributed by atoms with E-state index in [1.165, 1.54) is 45.1 Å². The van der Waals surface area contributed by atoms with Gasteiger partial charge in [0, 0.05) is 34.0 Å². The molecule has 3 fully saturated rings. The van der Waals surface area contributed by atoms with E-state index < -0.39 is 87.1 Å². The smallest absolute Gasteiger partial charge is 0.373 e. The van der Waals surface area contributed by atoms with Gasteiger partial charge in [-0.3, -0.25) is 58.0 Å². The van der Waals surface area contributed by atoms with Crippen LogP contribution >= 0.6 is 46.9 Å². The summed E-state index contributed by atoms with van der Waals surface area (Å²) in [4.78, 5) is 177. The molecule has 6 atom stereocenters. The summed E-state index contributed by atoms with van der Waals surface area (Å²) < 4.78 is 21.3. The van der Waals surface area contributed by atoms with Crippen molar-refractivity contribution in [2.24, 2.45) is 0 Å². The normalized spacial score (nSPS) is 17.9. The molecule has 6 aliphatic heterocycles. The van der Waals surface area contributed by atoms with Gasteiger partial charge in [-0.2, -0.15) is 9.78 Å². The van der Waals surface area contributed by atoms with Gasteiger partial charge in [0.1, 0.15) is 89.3 Å². The Bertz CT molecular complexity index is 5040. The minimum absolute atomic E-state index is 0.00618. The maximum atomic E-state index is 13.4. The molecule has 8 aromatic rings. The number of hydrogen-bond donors (Lipinski definition) is 4. The van der Waals surface area contributed by atoms with Crippen LogP contribution in [0.15, 0.2) is 264 Å². The highest BCUT2D eigenvalue weighted by atomic mass is 35.5. The predicted octanol–water partition coefficient (Wildman–Crippen LogP) is 8.17. The Morgan fingerprint density at radius 1 is 0.390 bits per heavy atom. The number of fused-ring (bicyclic) bond motifs is 3. The number of hydrogen-bond acceptors (Lipinski definition) is 25. The maximum Gasteiger partial charge on any atom is 0.373 e. The second-order valence-electron chi connectivity index (χ2n) is 26.3. The molecule has 3 saturated heterocycles.